The standard InChI is InChI=1S/C4H11O4P.CHF3O3S/c1-3-7-9(5,6)8-4-2;2-1(3,4)8(5,6)7/h3-4H2,1-2H3,(H,5,6);(H,5,6,7). The maximum Gasteiger partial charge on any atom is 0.522 e. The number of hydrogen-bond acceptors (Lipinski definition) is 5. The van der Waals surface area contributed by atoms with Crippen LogP contribution in [0.2, 0.25) is 0 Å². The molecule has 0 aliphatic heterocycles. The van der Waals surface area contributed by atoms with Crippen LogP contribution in [0.25, 0.3) is 0 Å². The van der Waals surface area contributed by atoms with E-state index in [0.29, 0.717) is 0 Å². The highest BCUT2D eigenvalue weighted by molar-refractivity contribution is 7.86. The molecule has 106 valence electrons. The van der Waals surface area contributed by atoms with Crippen LogP contribution in [0, 0.1) is 0 Å². The summed E-state index contributed by atoms with van der Waals surface area (Å²) in [4.78, 5) is 8.63. The Bertz CT molecular complexity index is 341. The Labute approximate surface area is 95.9 Å². The normalized spacial score (nSPS) is 12.9. The van der Waals surface area contributed by atoms with Crippen LogP contribution in [0.15, 0.2) is 0 Å². The number of halogens is 3. The van der Waals surface area contributed by atoms with E-state index < -0.39 is 23.4 Å². The molecule has 0 aromatic heterocycles. The summed E-state index contributed by atoms with van der Waals surface area (Å²) in [6, 6.07) is 0. The molecule has 0 radical (unpaired) electrons. The Morgan fingerprint density at radius 3 is 1.53 bits per heavy atom. The van der Waals surface area contributed by atoms with Crippen molar-refractivity contribution in [1.29, 1.82) is 0 Å². The average molecular weight is 304 g/mol. The molecule has 0 saturated heterocycles. The van der Waals surface area contributed by atoms with Gasteiger partial charge in [-0.1, -0.05) is 0 Å². The van der Waals surface area contributed by atoms with E-state index in [1.54, 1.807) is 13.8 Å². The molecule has 0 rings (SSSR count). The fourth-order valence-electron chi connectivity index (χ4n) is 0.364. The van der Waals surface area contributed by atoms with Crippen LogP contribution in [0.5, 0.6) is 0 Å². The smallest absolute Gasteiger partial charge is 0.302 e. The second kappa shape index (κ2) is 7.29. The van der Waals surface area contributed by atoms with E-state index in [9.17, 15) is 17.7 Å². The van der Waals surface area contributed by atoms with Crippen LogP contribution in [-0.2, 0) is 23.7 Å². The van der Waals surface area contributed by atoms with Crippen LogP contribution in [0.4, 0.5) is 13.2 Å². The zero-order valence-corrected chi connectivity index (χ0v) is 10.6. The molecule has 7 nitrogen and oxygen atoms in total. The van der Waals surface area contributed by atoms with Gasteiger partial charge in [0.1, 0.15) is 0 Å². The van der Waals surface area contributed by atoms with Gasteiger partial charge in [-0.05, 0) is 13.8 Å². The zero-order chi connectivity index (χ0) is 14.3. The molecule has 0 aliphatic rings. The van der Waals surface area contributed by atoms with Gasteiger partial charge in [0.05, 0.1) is 13.2 Å². The third-order valence-corrected chi connectivity index (χ3v) is 2.63. The lowest BCUT2D eigenvalue weighted by Crippen LogP contribution is -2.21. The molecule has 0 atom stereocenters. The monoisotopic (exact) mass is 304 g/mol. The van der Waals surface area contributed by atoms with Crippen LogP contribution in [0.3, 0.4) is 0 Å². The van der Waals surface area contributed by atoms with Gasteiger partial charge in [-0.3, -0.25) is 13.6 Å². The van der Waals surface area contributed by atoms with Crippen molar-refractivity contribution >= 4 is 17.9 Å². The molecule has 0 fully saturated rings. The highest BCUT2D eigenvalue weighted by Gasteiger charge is 2.44. The van der Waals surface area contributed by atoms with Crippen LogP contribution in [0.1, 0.15) is 13.8 Å². The van der Waals surface area contributed by atoms with Crippen LogP contribution < -0.4 is 0 Å². The Morgan fingerprint density at radius 2 is 1.41 bits per heavy atom. The molecule has 2 N–H and O–H groups in total. The first-order valence-corrected chi connectivity index (χ1v) is 6.96. The van der Waals surface area contributed by atoms with Gasteiger partial charge in [-0.25, -0.2) is 4.57 Å². The molecule has 0 heterocycles. The molecule has 0 aromatic rings. The summed E-state index contributed by atoms with van der Waals surface area (Å²) in [7, 11) is -9.53. The lowest BCUT2D eigenvalue weighted by Gasteiger charge is -2.07. The van der Waals surface area contributed by atoms with E-state index in [4.69, 9.17) is 17.9 Å². The predicted octanol–water partition coefficient (Wildman–Crippen LogP) is 1.55. The summed E-state index contributed by atoms with van der Waals surface area (Å²) in [5.41, 5.74) is -5.53. The first-order valence-electron chi connectivity index (χ1n) is 4.03. The fourth-order valence-corrected chi connectivity index (χ4v) is 1.09. The van der Waals surface area contributed by atoms with Gasteiger partial charge in [0.2, 0.25) is 0 Å². The molecule has 0 unspecified atom stereocenters. The maximum atomic E-state index is 10.7. The van der Waals surface area contributed by atoms with E-state index in [1.807, 2.05) is 0 Å². The second-order valence-corrected chi connectivity index (χ2v) is 5.09. The highest BCUT2D eigenvalue weighted by Crippen LogP contribution is 2.42. The van der Waals surface area contributed by atoms with Crippen molar-refractivity contribution in [2.24, 2.45) is 0 Å². The number of hydrogen-bond donors (Lipinski definition) is 2. The van der Waals surface area contributed by atoms with Crippen LogP contribution in [-0.4, -0.2) is 36.6 Å². The number of alkyl halides is 3. The van der Waals surface area contributed by atoms with E-state index in [1.165, 1.54) is 0 Å². The topological polar surface area (TPSA) is 110 Å². The van der Waals surface area contributed by atoms with Gasteiger partial charge in [0, 0.05) is 0 Å². The third-order valence-electron chi connectivity index (χ3n) is 0.877. The molecule has 0 amide bonds. The maximum absolute atomic E-state index is 10.7. The van der Waals surface area contributed by atoms with E-state index >= 15 is 0 Å². The summed E-state index contributed by atoms with van der Waals surface area (Å²) in [6.45, 7) is 3.63. The number of phosphoric ester groups is 1. The van der Waals surface area contributed by atoms with Gasteiger partial charge in [-0.2, -0.15) is 21.6 Å². The van der Waals surface area contributed by atoms with Gasteiger partial charge in [-0.15, -0.1) is 0 Å². The van der Waals surface area contributed by atoms with Crippen molar-refractivity contribution in [3.05, 3.63) is 0 Å². The minimum Gasteiger partial charge on any atom is -0.302 e. The van der Waals surface area contributed by atoms with Crippen molar-refractivity contribution in [2.75, 3.05) is 13.2 Å². The number of rotatable bonds is 4. The van der Waals surface area contributed by atoms with E-state index in [0.717, 1.165) is 0 Å². The van der Waals surface area contributed by atoms with E-state index in [2.05, 4.69) is 9.05 Å². The van der Waals surface area contributed by atoms with Gasteiger partial charge in [0.25, 0.3) is 0 Å². The predicted molar refractivity (Wildman–Crippen MR) is 50.7 cm³/mol. The minimum absolute atomic E-state index is 0.188. The van der Waals surface area contributed by atoms with Crippen molar-refractivity contribution in [2.45, 2.75) is 19.4 Å². The Kier molecular flexibility index (Phi) is 8.21. The molecular formula is C5H12F3O7PS. The average Bonchev–Trinajstić information content (AvgIpc) is 2.00. The largest absolute Gasteiger partial charge is 0.522 e. The van der Waals surface area contributed by atoms with Gasteiger partial charge in [0.15, 0.2) is 0 Å². The summed E-state index contributed by atoms with van der Waals surface area (Å²) in [5.74, 6) is 0. The van der Waals surface area contributed by atoms with Crippen LogP contribution >= 0.6 is 7.82 Å². The molecular weight excluding hydrogens is 292 g/mol. The molecule has 0 aromatic carbocycles. The quantitative estimate of drug-likeness (QED) is 0.460. The summed E-state index contributed by atoms with van der Waals surface area (Å²) < 4.78 is 76.8. The van der Waals surface area contributed by atoms with Gasteiger partial charge >= 0.3 is 23.4 Å². The Balaban J connectivity index is 0. The lowest BCUT2D eigenvalue weighted by atomic mass is 10.9. The SMILES string of the molecule is CCOP(=O)(O)OCC.O=S(=O)(O)C(F)(F)F. The molecule has 0 saturated carbocycles. The van der Waals surface area contributed by atoms with Crippen molar-refractivity contribution in [3.63, 3.8) is 0 Å². The zero-order valence-electron chi connectivity index (χ0n) is 8.84. The molecule has 0 aliphatic carbocycles. The molecule has 12 heteroatoms. The molecule has 0 bridgehead atoms. The fraction of sp³-hybridized carbons (Fsp3) is 1.00. The first-order chi connectivity index (χ1) is 7.37. The summed E-state index contributed by atoms with van der Waals surface area (Å²) >= 11 is 0. The minimum atomic E-state index is -5.84. The van der Waals surface area contributed by atoms with E-state index in [-0.39, 0.29) is 13.2 Å². The summed E-state index contributed by atoms with van der Waals surface area (Å²) in [5, 5.41) is 0. The number of phosphoric acid groups is 1. The molecule has 0 spiro atoms. The van der Waals surface area contributed by atoms with Crippen molar-refractivity contribution in [3.8, 4) is 0 Å². The summed E-state index contributed by atoms with van der Waals surface area (Å²) in [6.07, 6.45) is 0. The second-order valence-electron chi connectivity index (χ2n) is 2.22. The Morgan fingerprint density at radius 1 is 1.18 bits per heavy atom. The highest BCUT2D eigenvalue weighted by atomic mass is 32.2. The Hall–Kier alpha value is -0.190. The molecule has 17 heavy (non-hydrogen) atoms. The van der Waals surface area contributed by atoms with Crippen molar-refractivity contribution < 1.29 is 44.6 Å². The lowest BCUT2D eigenvalue weighted by molar-refractivity contribution is -0.0510. The van der Waals surface area contributed by atoms with Gasteiger partial charge < -0.3 is 4.89 Å². The third kappa shape index (κ3) is 10.7. The first kappa shape index (κ1) is 19.2. The van der Waals surface area contributed by atoms with Crippen molar-refractivity contribution in [1.82, 2.24) is 0 Å².